The fourth-order valence-electron chi connectivity index (χ4n) is 3.04. The van der Waals surface area contributed by atoms with E-state index < -0.39 is 0 Å². The Morgan fingerprint density at radius 1 is 1.24 bits per heavy atom. The van der Waals surface area contributed by atoms with Gasteiger partial charge in [-0.05, 0) is 49.2 Å². The van der Waals surface area contributed by atoms with Crippen LogP contribution in [0.5, 0.6) is 0 Å². The van der Waals surface area contributed by atoms with Crippen LogP contribution in [0.25, 0.3) is 0 Å². The van der Waals surface area contributed by atoms with Crippen LogP contribution in [-0.2, 0) is 19.4 Å². The molecule has 110 valence electrons. The number of pyridine rings is 1. The Labute approximate surface area is 127 Å². The van der Waals surface area contributed by atoms with Crippen LogP contribution >= 0.6 is 0 Å². The standard InChI is InChI=1S/C18H23N3/c1-3-6-16-11-14(13-19-2)12-18(20-16)21-10-9-15-7-4-5-8-17(15)21/h4-5,7-8,11-12,19H,3,6,9-10,13H2,1-2H3. The third kappa shape index (κ3) is 2.93. The third-order valence-electron chi connectivity index (χ3n) is 3.98. The Kier molecular flexibility index (Phi) is 4.20. The van der Waals surface area contributed by atoms with E-state index in [-0.39, 0.29) is 0 Å². The number of anilines is 2. The van der Waals surface area contributed by atoms with E-state index in [1.165, 1.54) is 22.5 Å². The van der Waals surface area contributed by atoms with E-state index in [9.17, 15) is 0 Å². The molecule has 3 heteroatoms. The van der Waals surface area contributed by atoms with Crippen molar-refractivity contribution in [2.24, 2.45) is 0 Å². The molecule has 0 amide bonds. The first kappa shape index (κ1) is 14.1. The minimum absolute atomic E-state index is 0.891. The molecule has 1 aliphatic heterocycles. The van der Waals surface area contributed by atoms with Crippen molar-refractivity contribution in [3.05, 3.63) is 53.2 Å². The number of aryl methyl sites for hydroxylation is 1. The highest BCUT2D eigenvalue weighted by atomic mass is 15.2. The molecule has 0 saturated heterocycles. The SMILES string of the molecule is CCCc1cc(CNC)cc(N2CCc3ccccc32)n1. The highest BCUT2D eigenvalue weighted by Gasteiger charge is 2.21. The largest absolute Gasteiger partial charge is 0.326 e. The number of nitrogens with one attached hydrogen (secondary N) is 1. The number of fused-ring (bicyclic) bond motifs is 1. The van der Waals surface area contributed by atoms with Crippen LogP contribution < -0.4 is 10.2 Å². The zero-order chi connectivity index (χ0) is 14.7. The fourth-order valence-corrected chi connectivity index (χ4v) is 3.04. The fraction of sp³-hybridized carbons (Fsp3) is 0.389. The summed E-state index contributed by atoms with van der Waals surface area (Å²) in [6, 6.07) is 13.1. The first-order valence-electron chi connectivity index (χ1n) is 7.81. The van der Waals surface area contributed by atoms with Crippen LogP contribution in [-0.4, -0.2) is 18.6 Å². The highest BCUT2D eigenvalue weighted by Crippen LogP contribution is 2.33. The van der Waals surface area contributed by atoms with E-state index >= 15 is 0 Å². The van der Waals surface area contributed by atoms with E-state index in [2.05, 4.69) is 53.5 Å². The average molecular weight is 281 g/mol. The lowest BCUT2D eigenvalue weighted by Crippen LogP contribution is -2.17. The van der Waals surface area contributed by atoms with Gasteiger partial charge >= 0.3 is 0 Å². The van der Waals surface area contributed by atoms with Crippen molar-refractivity contribution in [3.63, 3.8) is 0 Å². The van der Waals surface area contributed by atoms with Gasteiger partial charge in [-0.1, -0.05) is 31.5 Å². The molecule has 1 aromatic carbocycles. The van der Waals surface area contributed by atoms with Crippen molar-refractivity contribution >= 4 is 11.5 Å². The van der Waals surface area contributed by atoms with Crippen LogP contribution in [0.1, 0.15) is 30.2 Å². The Hall–Kier alpha value is -1.87. The molecular formula is C18H23N3. The molecule has 0 fully saturated rings. The van der Waals surface area contributed by atoms with Crippen LogP contribution in [0, 0.1) is 0 Å². The highest BCUT2D eigenvalue weighted by molar-refractivity contribution is 5.67. The smallest absolute Gasteiger partial charge is 0.133 e. The lowest BCUT2D eigenvalue weighted by molar-refractivity contribution is 0.802. The van der Waals surface area contributed by atoms with Gasteiger partial charge in [0.25, 0.3) is 0 Å². The molecule has 21 heavy (non-hydrogen) atoms. The number of aromatic nitrogens is 1. The van der Waals surface area contributed by atoms with Gasteiger partial charge in [0.05, 0.1) is 0 Å². The van der Waals surface area contributed by atoms with Crippen molar-refractivity contribution < 1.29 is 0 Å². The van der Waals surface area contributed by atoms with E-state index in [0.717, 1.165) is 38.2 Å². The maximum absolute atomic E-state index is 4.88. The van der Waals surface area contributed by atoms with E-state index in [1.54, 1.807) is 0 Å². The molecule has 0 aliphatic carbocycles. The monoisotopic (exact) mass is 281 g/mol. The molecule has 3 rings (SSSR count). The van der Waals surface area contributed by atoms with Crippen LogP contribution in [0.15, 0.2) is 36.4 Å². The van der Waals surface area contributed by atoms with Gasteiger partial charge in [0.15, 0.2) is 0 Å². The molecule has 0 spiro atoms. The number of nitrogens with zero attached hydrogens (tertiary/aromatic N) is 2. The van der Waals surface area contributed by atoms with Crippen LogP contribution in [0.3, 0.4) is 0 Å². The molecular weight excluding hydrogens is 258 g/mol. The molecule has 1 aromatic heterocycles. The normalized spacial score (nSPS) is 13.5. The summed E-state index contributed by atoms with van der Waals surface area (Å²) in [5, 5.41) is 3.24. The van der Waals surface area contributed by atoms with Gasteiger partial charge in [-0.15, -0.1) is 0 Å². The maximum atomic E-state index is 4.88. The Bertz CT molecular complexity index is 597. The van der Waals surface area contributed by atoms with Crippen molar-refractivity contribution in [2.75, 3.05) is 18.5 Å². The molecule has 2 heterocycles. The third-order valence-corrected chi connectivity index (χ3v) is 3.98. The second-order valence-electron chi connectivity index (χ2n) is 5.64. The second-order valence-corrected chi connectivity index (χ2v) is 5.64. The Morgan fingerprint density at radius 2 is 2.10 bits per heavy atom. The van der Waals surface area contributed by atoms with E-state index in [1.807, 2.05) is 7.05 Å². The summed E-state index contributed by atoms with van der Waals surface area (Å²) < 4.78 is 0. The van der Waals surface area contributed by atoms with Crippen molar-refractivity contribution in [3.8, 4) is 0 Å². The molecule has 0 unspecified atom stereocenters. The quantitative estimate of drug-likeness (QED) is 0.910. The van der Waals surface area contributed by atoms with Crippen LogP contribution in [0.2, 0.25) is 0 Å². The Balaban J connectivity index is 1.98. The summed E-state index contributed by atoms with van der Waals surface area (Å²) in [5.74, 6) is 1.09. The van der Waals surface area contributed by atoms with E-state index in [0.29, 0.717) is 0 Å². The van der Waals surface area contributed by atoms with Gasteiger partial charge in [-0.25, -0.2) is 4.98 Å². The Morgan fingerprint density at radius 3 is 2.90 bits per heavy atom. The number of hydrogen-bond acceptors (Lipinski definition) is 3. The van der Waals surface area contributed by atoms with Gasteiger partial charge in [0.2, 0.25) is 0 Å². The number of hydrogen-bond donors (Lipinski definition) is 1. The summed E-state index contributed by atoms with van der Waals surface area (Å²) >= 11 is 0. The molecule has 2 aromatic rings. The van der Waals surface area contributed by atoms with Gasteiger partial charge in [0, 0.05) is 24.5 Å². The van der Waals surface area contributed by atoms with Crippen molar-refractivity contribution in [2.45, 2.75) is 32.7 Å². The molecule has 1 aliphatic rings. The molecule has 0 radical (unpaired) electrons. The first-order valence-corrected chi connectivity index (χ1v) is 7.81. The molecule has 0 bridgehead atoms. The number of rotatable bonds is 5. The van der Waals surface area contributed by atoms with Gasteiger partial charge in [-0.2, -0.15) is 0 Å². The predicted molar refractivity (Wildman–Crippen MR) is 88.1 cm³/mol. The second kappa shape index (κ2) is 6.27. The van der Waals surface area contributed by atoms with Crippen molar-refractivity contribution in [1.82, 2.24) is 10.3 Å². The average Bonchev–Trinajstić information content (AvgIpc) is 2.92. The predicted octanol–water partition coefficient (Wildman–Crippen LogP) is 3.45. The minimum Gasteiger partial charge on any atom is -0.326 e. The molecule has 3 nitrogen and oxygen atoms in total. The summed E-state index contributed by atoms with van der Waals surface area (Å²) in [5.41, 5.74) is 5.25. The van der Waals surface area contributed by atoms with Crippen LogP contribution in [0.4, 0.5) is 11.5 Å². The minimum atomic E-state index is 0.891. The zero-order valence-electron chi connectivity index (χ0n) is 12.9. The summed E-state index contributed by atoms with van der Waals surface area (Å²) in [6.45, 7) is 4.12. The topological polar surface area (TPSA) is 28.2 Å². The molecule has 1 N–H and O–H groups in total. The lowest BCUT2D eigenvalue weighted by atomic mass is 10.1. The molecule has 0 atom stereocenters. The van der Waals surface area contributed by atoms with Crippen molar-refractivity contribution in [1.29, 1.82) is 0 Å². The summed E-state index contributed by atoms with van der Waals surface area (Å²) in [4.78, 5) is 7.24. The zero-order valence-corrected chi connectivity index (χ0v) is 12.9. The van der Waals surface area contributed by atoms with Gasteiger partial charge in [0.1, 0.15) is 5.82 Å². The van der Waals surface area contributed by atoms with Gasteiger partial charge < -0.3 is 10.2 Å². The lowest BCUT2D eigenvalue weighted by Gasteiger charge is -2.20. The summed E-state index contributed by atoms with van der Waals surface area (Å²) in [7, 11) is 1.99. The molecule has 0 saturated carbocycles. The summed E-state index contributed by atoms with van der Waals surface area (Å²) in [6.07, 6.45) is 3.28. The van der Waals surface area contributed by atoms with Gasteiger partial charge in [-0.3, -0.25) is 0 Å². The maximum Gasteiger partial charge on any atom is 0.133 e. The number of para-hydroxylation sites is 1. The first-order chi connectivity index (χ1) is 10.3. The van der Waals surface area contributed by atoms with E-state index in [4.69, 9.17) is 4.98 Å². The number of benzene rings is 1.